The van der Waals surface area contributed by atoms with Gasteiger partial charge in [-0.1, -0.05) is 59.8 Å². The second-order valence-electron chi connectivity index (χ2n) is 6.32. The third kappa shape index (κ3) is 3.26. The van der Waals surface area contributed by atoms with Crippen LogP contribution in [0.2, 0.25) is 0 Å². The Labute approximate surface area is 139 Å². The van der Waals surface area contributed by atoms with Gasteiger partial charge in [0.25, 0.3) is 0 Å². The molecule has 0 amide bonds. The van der Waals surface area contributed by atoms with Crippen molar-refractivity contribution in [1.82, 2.24) is 0 Å². The van der Waals surface area contributed by atoms with E-state index in [2.05, 4.69) is 29.5 Å². The Morgan fingerprint density at radius 2 is 2.14 bits per heavy atom. The topological polar surface area (TPSA) is 35.5 Å². The number of ether oxygens (including phenoxy) is 2. The van der Waals surface area contributed by atoms with E-state index in [1.54, 1.807) is 0 Å². The highest BCUT2D eigenvalue weighted by atomic mass is 127. The Kier molecular flexibility index (Phi) is 4.54. The van der Waals surface area contributed by atoms with Crippen molar-refractivity contribution < 1.29 is 14.3 Å². The summed E-state index contributed by atoms with van der Waals surface area (Å²) >= 11 is 2.45. The monoisotopic (exact) mass is 400 g/mol. The Bertz CT molecular complexity index is 504. The second kappa shape index (κ2) is 6.24. The van der Waals surface area contributed by atoms with E-state index >= 15 is 0 Å². The van der Waals surface area contributed by atoms with Crippen LogP contribution in [-0.2, 0) is 20.9 Å². The van der Waals surface area contributed by atoms with Gasteiger partial charge >= 0.3 is 5.97 Å². The zero-order valence-electron chi connectivity index (χ0n) is 12.3. The van der Waals surface area contributed by atoms with Crippen molar-refractivity contribution in [2.24, 2.45) is 5.92 Å². The number of carbonyl (C=O) groups excluding carboxylic acids is 1. The van der Waals surface area contributed by atoms with Crippen LogP contribution in [0.1, 0.15) is 38.2 Å². The first-order chi connectivity index (χ1) is 10.1. The van der Waals surface area contributed by atoms with E-state index in [0.717, 1.165) is 30.7 Å². The summed E-state index contributed by atoms with van der Waals surface area (Å²) < 4.78 is 12.0. The molecule has 2 fully saturated rings. The summed E-state index contributed by atoms with van der Waals surface area (Å²) in [6, 6.07) is 9.97. The fraction of sp³-hybridized carbons (Fsp3) is 0.588. The largest absolute Gasteiger partial charge is 0.456 e. The lowest BCUT2D eigenvalue weighted by Crippen LogP contribution is -2.43. The second-order valence-corrected chi connectivity index (χ2v) is 7.83. The van der Waals surface area contributed by atoms with Crippen LogP contribution in [0.15, 0.2) is 30.3 Å². The number of rotatable bonds is 3. The molecule has 1 saturated heterocycles. The van der Waals surface area contributed by atoms with E-state index in [0.29, 0.717) is 17.0 Å². The van der Waals surface area contributed by atoms with Crippen LogP contribution < -0.4 is 0 Å². The highest BCUT2D eigenvalue weighted by molar-refractivity contribution is 14.1. The molecule has 21 heavy (non-hydrogen) atoms. The first-order valence-corrected chi connectivity index (χ1v) is 8.86. The molecule has 1 aromatic carbocycles. The van der Waals surface area contributed by atoms with Crippen LogP contribution in [0, 0.1) is 5.92 Å². The average molecular weight is 400 g/mol. The molecule has 4 atom stereocenters. The zero-order valence-corrected chi connectivity index (χ0v) is 14.4. The fourth-order valence-corrected chi connectivity index (χ4v) is 4.84. The Balaban J connectivity index is 1.62. The summed E-state index contributed by atoms with van der Waals surface area (Å²) in [5, 5.41) is 0. The minimum atomic E-state index is -0.407. The Morgan fingerprint density at radius 1 is 1.38 bits per heavy atom. The molecule has 3 nitrogen and oxygen atoms in total. The van der Waals surface area contributed by atoms with Crippen molar-refractivity contribution in [3.63, 3.8) is 0 Å². The first kappa shape index (κ1) is 15.3. The number of halogens is 1. The molecule has 4 heteroatoms. The van der Waals surface area contributed by atoms with Gasteiger partial charge in [-0.05, 0) is 30.7 Å². The normalized spacial score (nSPS) is 35.9. The van der Waals surface area contributed by atoms with Crippen LogP contribution in [0.25, 0.3) is 0 Å². The maximum Gasteiger partial charge on any atom is 0.336 e. The van der Waals surface area contributed by atoms with Gasteiger partial charge in [-0.25, -0.2) is 4.79 Å². The van der Waals surface area contributed by atoms with E-state index in [1.807, 2.05) is 30.3 Å². The Morgan fingerprint density at radius 3 is 2.86 bits per heavy atom. The predicted molar refractivity (Wildman–Crippen MR) is 89.3 cm³/mol. The van der Waals surface area contributed by atoms with Crippen LogP contribution in [0.3, 0.4) is 0 Å². The predicted octanol–water partition coefficient (Wildman–Crippen LogP) is 3.88. The number of hydrogen-bond acceptors (Lipinski definition) is 3. The van der Waals surface area contributed by atoms with Gasteiger partial charge in [-0.15, -0.1) is 0 Å². The summed E-state index contributed by atoms with van der Waals surface area (Å²) in [4.78, 5) is 12.1. The van der Waals surface area contributed by atoms with Crippen molar-refractivity contribution >= 4 is 28.6 Å². The molecule has 0 unspecified atom stereocenters. The lowest BCUT2D eigenvalue weighted by Gasteiger charge is -2.39. The quantitative estimate of drug-likeness (QED) is 0.439. The standard InChI is InChI=1S/C17H21IO3/c1-12-7-8-17(15(18)9-12)10-14(16(19)21-17)20-11-13-5-3-2-4-6-13/h2-6,12,14-15H,7-11H2,1H3/t12-,14-,15+,17-/m1/s1. The average Bonchev–Trinajstić information content (AvgIpc) is 2.80. The third-order valence-corrected chi connectivity index (χ3v) is 6.28. The number of benzene rings is 1. The molecule has 1 saturated carbocycles. The van der Waals surface area contributed by atoms with Gasteiger partial charge < -0.3 is 9.47 Å². The van der Waals surface area contributed by atoms with Crippen molar-refractivity contribution in [3.05, 3.63) is 35.9 Å². The zero-order chi connectivity index (χ0) is 14.9. The molecule has 1 aliphatic carbocycles. The highest BCUT2D eigenvalue weighted by Crippen LogP contribution is 2.46. The third-order valence-electron chi connectivity index (χ3n) is 4.63. The number of hydrogen-bond donors (Lipinski definition) is 0. The molecule has 2 aliphatic rings. The van der Waals surface area contributed by atoms with Gasteiger partial charge in [0.1, 0.15) is 5.60 Å². The maximum absolute atomic E-state index is 12.1. The molecular formula is C17H21IO3. The molecule has 1 aromatic rings. The maximum atomic E-state index is 12.1. The molecule has 3 rings (SSSR count). The van der Waals surface area contributed by atoms with Crippen molar-refractivity contribution in [1.29, 1.82) is 0 Å². The molecule has 1 aliphatic heterocycles. The van der Waals surface area contributed by atoms with Crippen LogP contribution in [0.5, 0.6) is 0 Å². The van der Waals surface area contributed by atoms with Crippen molar-refractivity contribution in [2.75, 3.05) is 0 Å². The summed E-state index contributed by atoms with van der Waals surface area (Å²) in [5.41, 5.74) is 0.806. The van der Waals surface area contributed by atoms with Gasteiger partial charge in [-0.3, -0.25) is 0 Å². The Hall–Kier alpha value is -0.620. The van der Waals surface area contributed by atoms with E-state index < -0.39 is 6.10 Å². The van der Waals surface area contributed by atoms with Gasteiger partial charge in [0, 0.05) is 6.42 Å². The van der Waals surface area contributed by atoms with E-state index in [-0.39, 0.29) is 11.6 Å². The van der Waals surface area contributed by atoms with Crippen LogP contribution in [0.4, 0.5) is 0 Å². The summed E-state index contributed by atoms with van der Waals surface area (Å²) in [6.45, 7) is 2.75. The summed E-state index contributed by atoms with van der Waals surface area (Å²) in [7, 11) is 0. The molecule has 1 heterocycles. The first-order valence-electron chi connectivity index (χ1n) is 7.61. The molecule has 0 aromatic heterocycles. The van der Waals surface area contributed by atoms with Gasteiger partial charge in [-0.2, -0.15) is 0 Å². The van der Waals surface area contributed by atoms with Crippen LogP contribution in [-0.4, -0.2) is 21.6 Å². The summed E-state index contributed by atoms with van der Waals surface area (Å²) in [6.07, 6.45) is 3.53. The van der Waals surface area contributed by atoms with Crippen molar-refractivity contribution in [2.45, 2.75) is 54.8 Å². The molecule has 0 radical (unpaired) electrons. The lowest BCUT2D eigenvalue weighted by atomic mass is 9.78. The highest BCUT2D eigenvalue weighted by Gasteiger charge is 2.53. The smallest absolute Gasteiger partial charge is 0.336 e. The molecule has 0 bridgehead atoms. The number of alkyl halides is 1. The number of carbonyl (C=O) groups is 1. The van der Waals surface area contributed by atoms with Gasteiger partial charge in [0.15, 0.2) is 6.10 Å². The van der Waals surface area contributed by atoms with E-state index in [9.17, 15) is 4.79 Å². The van der Waals surface area contributed by atoms with Gasteiger partial charge in [0.2, 0.25) is 0 Å². The van der Waals surface area contributed by atoms with E-state index in [1.165, 1.54) is 0 Å². The summed E-state index contributed by atoms with van der Waals surface area (Å²) in [5.74, 6) is 0.544. The van der Waals surface area contributed by atoms with Gasteiger partial charge in [0.05, 0.1) is 10.5 Å². The van der Waals surface area contributed by atoms with E-state index in [4.69, 9.17) is 9.47 Å². The lowest BCUT2D eigenvalue weighted by molar-refractivity contribution is -0.156. The van der Waals surface area contributed by atoms with Crippen LogP contribution >= 0.6 is 22.6 Å². The fourth-order valence-electron chi connectivity index (χ4n) is 3.28. The molecule has 0 N–H and O–H groups in total. The molecular weight excluding hydrogens is 379 g/mol. The minimum Gasteiger partial charge on any atom is -0.456 e. The van der Waals surface area contributed by atoms with Crippen molar-refractivity contribution in [3.8, 4) is 0 Å². The SMILES string of the molecule is C[C@@H]1CC[C@@]2(C[C@@H](OCc3ccccc3)C(=O)O2)[C@@H](I)C1. The molecule has 114 valence electrons. The molecule has 1 spiro atoms. The number of esters is 1. The minimum absolute atomic E-state index is 0.179.